The molecule has 0 amide bonds. The molecule has 1 N–H and O–H groups in total. The Hall–Kier alpha value is -1.10. The van der Waals surface area contributed by atoms with E-state index < -0.39 is 0 Å². The van der Waals surface area contributed by atoms with Gasteiger partial charge in [-0.25, -0.2) is 0 Å². The highest BCUT2D eigenvalue weighted by Gasteiger charge is 2.09. The van der Waals surface area contributed by atoms with Gasteiger partial charge in [0.1, 0.15) is 0 Å². The van der Waals surface area contributed by atoms with Crippen LogP contribution in [0.5, 0.6) is 0 Å². The van der Waals surface area contributed by atoms with Crippen molar-refractivity contribution in [3.05, 3.63) is 57.3 Å². The van der Waals surface area contributed by atoms with Crippen molar-refractivity contribution in [1.29, 1.82) is 0 Å². The van der Waals surface area contributed by atoms with Crippen LogP contribution in [0.2, 0.25) is 0 Å². The van der Waals surface area contributed by atoms with E-state index in [0.717, 1.165) is 19.5 Å². The molecule has 0 fully saturated rings. The summed E-state index contributed by atoms with van der Waals surface area (Å²) in [6.07, 6.45) is 3.32. The lowest BCUT2D eigenvalue weighted by Crippen LogP contribution is -2.20. The molecular weight excluding hydrogens is 344 g/mol. The summed E-state index contributed by atoms with van der Waals surface area (Å²) in [6, 6.07) is 13.3. The van der Waals surface area contributed by atoms with Crippen LogP contribution in [0.4, 0.5) is 0 Å². The van der Waals surface area contributed by atoms with Crippen molar-refractivity contribution in [3.8, 4) is 0 Å². The van der Waals surface area contributed by atoms with Crippen molar-refractivity contribution in [2.75, 3.05) is 6.54 Å². The van der Waals surface area contributed by atoms with Crippen LogP contribution in [-0.2, 0) is 6.54 Å². The van der Waals surface area contributed by atoms with Gasteiger partial charge in [-0.1, -0.05) is 18.2 Å². The molecule has 0 spiro atoms. The second-order valence-electron chi connectivity index (χ2n) is 5.23. The van der Waals surface area contributed by atoms with Crippen molar-refractivity contribution < 1.29 is 0 Å². The Labute approximate surface area is 137 Å². The fraction of sp³-hybridized carbons (Fsp3) is 0.294. The van der Waals surface area contributed by atoms with Crippen molar-refractivity contribution in [3.63, 3.8) is 0 Å². The number of fused-ring (bicyclic) bond motifs is 1. The van der Waals surface area contributed by atoms with Crippen molar-refractivity contribution in [1.82, 2.24) is 9.88 Å². The average Bonchev–Trinajstić information content (AvgIpc) is 3.10. The lowest BCUT2D eigenvalue weighted by molar-refractivity contribution is 0.535. The SMILES string of the molecule is CC(NCCCn1ccc2ccccc21)c1sccc1Br. The smallest absolute Gasteiger partial charge is 0.0480 e. The zero-order valence-electron chi connectivity index (χ0n) is 12.1. The molecule has 0 bridgehead atoms. The van der Waals surface area contributed by atoms with Gasteiger partial charge in [-0.2, -0.15) is 0 Å². The Morgan fingerprint density at radius 2 is 2.10 bits per heavy atom. The molecule has 3 rings (SSSR count). The van der Waals surface area contributed by atoms with E-state index in [4.69, 9.17) is 0 Å². The monoisotopic (exact) mass is 362 g/mol. The number of hydrogen-bond acceptors (Lipinski definition) is 2. The van der Waals surface area contributed by atoms with Crippen LogP contribution in [0.1, 0.15) is 24.3 Å². The maximum atomic E-state index is 3.60. The zero-order chi connectivity index (χ0) is 14.7. The molecule has 4 heteroatoms. The summed E-state index contributed by atoms with van der Waals surface area (Å²) >= 11 is 5.40. The van der Waals surface area contributed by atoms with Gasteiger partial charge in [0.2, 0.25) is 0 Å². The highest BCUT2D eigenvalue weighted by atomic mass is 79.9. The fourth-order valence-electron chi connectivity index (χ4n) is 2.61. The van der Waals surface area contributed by atoms with Crippen LogP contribution in [0.3, 0.4) is 0 Å². The Balaban J connectivity index is 1.51. The van der Waals surface area contributed by atoms with Crippen LogP contribution >= 0.6 is 27.3 Å². The highest BCUT2D eigenvalue weighted by molar-refractivity contribution is 9.10. The van der Waals surface area contributed by atoms with Gasteiger partial charge >= 0.3 is 0 Å². The van der Waals surface area contributed by atoms with Crippen LogP contribution in [-0.4, -0.2) is 11.1 Å². The predicted molar refractivity (Wildman–Crippen MR) is 95.0 cm³/mol. The molecule has 2 heterocycles. The largest absolute Gasteiger partial charge is 0.347 e. The first-order valence-electron chi connectivity index (χ1n) is 7.26. The molecule has 1 atom stereocenters. The molecule has 0 aliphatic carbocycles. The summed E-state index contributed by atoms with van der Waals surface area (Å²) in [5.74, 6) is 0. The van der Waals surface area contributed by atoms with E-state index in [-0.39, 0.29) is 0 Å². The normalized spacial score (nSPS) is 12.9. The summed E-state index contributed by atoms with van der Waals surface area (Å²) in [4.78, 5) is 1.38. The van der Waals surface area contributed by atoms with E-state index in [1.807, 2.05) is 0 Å². The Kier molecular flexibility index (Phi) is 4.78. The number of halogens is 1. The standard InChI is InChI=1S/C17H19BrN2S/c1-13(17-15(18)8-12-21-17)19-9-4-10-20-11-7-14-5-2-3-6-16(14)20/h2-3,5-8,11-13,19H,4,9-10H2,1H3. The predicted octanol–water partition coefficient (Wildman–Crippen LogP) is 5.21. The molecule has 3 aromatic rings. The van der Waals surface area contributed by atoms with Crippen molar-refractivity contribution in [2.45, 2.75) is 25.9 Å². The van der Waals surface area contributed by atoms with E-state index >= 15 is 0 Å². The number of thiophene rings is 1. The minimum Gasteiger partial charge on any atom is -0.347 e. The number of aryl methyl sites for hydroxylation is 1. The summed E-state index contributed by atoms with van der Waals surface area (Å²) in [7, 11) is 0. The third kappa shape index (κ3) is 3.39. The number of nitrogens with one attached hydrogen (secondary N) is 1. The average molecular weight is 363 g/mol. The zero-order valence-corrected chi connectivity index (χ0v) is 14.5. The molecular formula is C17H19BrN2S. The molecule has 1 aromatic carbocycles. The number of nitrogens with zero attached hydrogens (tertiary/aromatic N) is 1. The molecule has 2 nitrogen and oxygen atoms in total. The van der Waals surface area contributed by atoms with Crippen LogP contribution < -0.4 is 5.32 Å². The minimum absolute atomic E-state index is 0.404. The Bertz CT molecular complexity index is 716. The Morgan fingerprint density at radius 3 is 2.90 bits per heavy atom. The van der Waals surface area contributed by atoms with Gasteiger partial charge in [-0.05, 0) is 64.8 Å². The number of para-hydroxylation sites is 1. The Morgan fingerprint density at radius 1 is 1.24 bits per heavy atom. The summed E-state index contributed by atoms with van der Waals surface area (Å²) in [5, 5.41) is 7.05. The van der Waals surface area contributed by atoms with E-state index in [0.29, 0.717) is 6.04 Å². The second kappa shape index (κ2) is 6.77. The van der Waals surface area contributed by atoms with Crippen LogP contribution in [0.15, 0.2) is 52.4 Å². The molecule has 0 saturated heterocycles. The van der Waals surface area contributed by atoms with E-state index in [1.165, 1.54) is 20.3 Å². The second-order valence-corrected chi connectivity index (χ2v) is 7.03. The maximum absolute atomic E-state index is 3.60. The van der Waals surface area contributed by atoms with Gasteiger partial charge in [0.05, 0.1) is 0 Å². The lowest BCUT2D eigenvalue weighted by Gasteiger charge is -2.13. The van der Waals surface area contributed by atoms with Crippen LogP contribution in [0.25, 0.3) is 10.9 Å². The summed E-state index contributed by atoms with van der Waals surface area (Å²) in [5.41, 5.74) is 1.33. The van der Waals surface area contributed by atoms with Gasteiger partial charge < -0.3 is 9.88 Å². The van der Waals surface area contributed by atoms with Crippen LogP contribution in [0, 0.1) is 0 Å². The van der Waals surface area contributed by atoms with Crippen molar-refractivity contribution in [2.24, 2.45) is 0 Å². The molecule has 0 saturated carbocycles. The van der Waals surface area contributed by atoms with E-state index in [1.54, 1.807) is 11.3 Å². The number of rotatable bonds is 6. The number of benzene rings is 1. The maximum Gasteiger partial charge on any atom is 0.0480 e. The van der Waals surface area contributed by atoms with Gasteiger partial charge in [0, 0.05) is 33.7 Å². The van der Waals surface area contributed by atoms with Gasteiger partial charge in [0.25, 0.3) is 0 Å². The number of hydrogen-bond donors (Lipinski definition) is 1. The third-order valence-electron chi connectivity index (χ3n) is 3.74. The summed E-state index contributed by atoms with van der Waals surface area (Å²) < 4.78 is 3.55. The summed E-state index contributed by atoms with van der Waals surface area (Å²) in [6.45, 7) is 4.30. The third-order valence-corrected chi connectivity index (χ3v) is 5.80. The van der Waals surface area contributed by atoms with Gasteiger partial charge in [-0.15, -0.1) is 11.3 Å². The molecule has 110 valence electrons. The number of aromatic nitrogens is 1. The molecule has 2 aromatic heterocycles. The molecule has 0 radical (unpaired) electrons. The van der Waals surface area contributed by atoms with E-state index in [9.17, 15) is 0 Å². The quantitative estimate of drug-likeness (QED) is 0.595. The first-order chi connectivity index (χ1) is 10.3. The van der Waals surface area contributed by atoms with Crippen molar-refractivity contribution >= 4 is 38.2 Å². The van der Waals surface area contributed by atoms with E-state index in [2.05, 4.69) is 80.7 Å². The molecule has 0 aliphatic heterocycles. The lowest BCUT2D eigenvalue weighted by atomic mass is 10.2. The first-order valence-corrected chi connectivity index (χ1v) is 8.93. The topological polar surface area (TPSA) is 17.0 Å². The molecule has 0 aliphatic rings. The molecule has 1 unspecified atom stereocenters. The highest BCUT2D eigenvalue weighted by Crippen LogP contribution is 2.28. The van der Waals surface area contributed by atoms with Gasteiger partial charge in [0.15, 0.2) is 0 Å². The fourth-order valence-corrected chi connectivity index (χ4v) is 4.36. The first kappa shape index (κ1) is 14.8. The molecule has 21 heavy (non-hydrogen) atoms. The van der Waals surface area contributed by atoms with Gasteiger partial charge in [-0.3, -0.25) is 0 Å². The minimum atomic E-state index is 0.404.